The molecule has 0 radical (unpaired) electrons. The van der Waals surface area contributed by atoms with Gasteiger partial charge in [0, 0.05) is 13.2 Å². The number of ether oxygens (including phenoxy) is 2. The quantitative estimate of drug-likeness (QED) is 0.308. The van der Waals surface area contributed by atoms with Gasteiger partial charge in [0.15, 0.2) is 5.65 Å². The second-order valence-corrected chi connectivity index (χ2v) is 7.57. The van der Waals surface area contributed by atoms with Crippen LogP contribution in [0.1, 0.15) is 31.4 Å². The summed E-state index contributed by atoms with van der Waals surface area (Å²) in [6.45, 7) is 5.44. The van der Waals surface area contributed by atoms with Gasteiger partial charge in [-0.15, -0.1) is 5.10 Å². The van der Waals surface area contributed by atoms with E-state index in [9.17, 15) is 0 Å². The van der Waals surface area contributed by atoms with Gasteiger partial charge in [-0.05, 0) is 31.5 Å². The van der Waals surface area contributed by atoms with Crippen molar-refractivity contribution < 1.29 is 9.47 Å². The van der Waals surface area contributed by atoms with E-state index in [-0.39, 0.29) is 0 Å². The number of para-hydroxylation sites is 1. The zero-order valence-electron chi connectivity index (χ0n) is 19.1. The number of hydrogen-bond acceptors (Lipinski definition) is 7. The predicted molar refractivity (Wildman–Crippen MR) is 127 cm³/mol. The Morgan fingerprint density at radius 2 is 1.53 bits per heavy atom. The Kier molecular flexibility index (Phi) is 6.37. The number of aromatic nitrogens is 7. The Morgan fingerprint density at radius 3 is 2.24 bits per heavy atom. The van der Waals surface area contributed by atoms with Crippen LogP contribution in [0.15, 0.2) is 73.3 Å². The van der Waals surface area contributed by atoms with Gasteiger partial charge in [0.1, 0.15) is 28.9 Å². The Morgan fingerprint density at radius 1 is 0.824 bits per heavy atom. The van der Waals surface area contributed by atoms with E-state index in [2.05, 4.69) is 37.4 Å². The lowest BCUT2D eigenvalue weighted by atomic mass is 10.2. The number of nitrogens with zero attached hydrogens (tertiary/aromatic N) is 7. The molecule has 34 heavy (non-hydrogen) atoms. The molecule has 0 unspecified atom stereocenters. The van der Waals surface area contributed by atoms with E-state index in [0.717, 1.165) is 16.9 Å². The molecule has 0 bridgehead atoms. The van der Waals surface area contributed by atoms with E-state index >= 15 is 0 Å². The van der Waals surface area contributed by atoms with Crippen molar-refractivity contribution in [3.05, 3.63) is 84.6 Å². The first-order valence-corrected chi connectivity index (χ1v) is 11.2. The molecule has 9 nitrogen and oxygen atoms in total. The monoisotopic (exact) mass is 455 g/mol. The molecular formula is C25H25N7O2. The van der Waals surface area contributed by atoms with Gasteiger partial charge in [-0.25, -0.2) is 19.6 Å². The third kappa shape index (κ3) is 4.18. The Hall–Kier alpha value is -3.95. The average Bonchev–Trinajstić information content (AvgIpc) is 3.50. The fourth-order valence-corrected chi connectivity index (χ4v) is 3.89. The van der Waals surface area contributed by atoms with Gasteiger partial charge >= 0.3 is 0 Å². The minimum absolute atomic E-state index is 0.467. The SMILES string of the molecule is CCOC(OCC)c1c(-c2ncnc3c2ncn3Cc2ccccc2)nnn1-c1ccccc1. The Balaban J connectivity index is 1.65. The average molecular weight is 456 g/mol. The maximum atomic E-state index is 5.96. The third-order valence-electron chi connectivity index (χ3n) is 5.39. The van der Waals surface area contributed by atoms with Crippen LogP contribution in [-0.2, 0) is 16.0 Å². The summed E-state index contributed by atoms with van der Waals surface area (Å²) >= 11 is 0. The molecular weight excluding hydrogens is 430 g/mol. The Labute approximate surface area is 197 Å². The molecule has 0 aliphatic heterocycles. The first kappa shape index (κ1) is 21.9. The topological polar surface area (TPSA) is 92.8 Å². The lowest BCUT2D eigenvalue weighted by Gasteiger charge is -2.19. The van der Waals surface area contributed by atoms with Crippen molar-refractivity contribution in [3.8, 4) is 17.1 Å². The van der Waals surface area contributed by atoms with Crippen LogP contribution in [0.4, 0.5) is 0 Å². The van der Waals surface area contributed by atoms with Crippen LogP contribution in [0.25, 0.3) is 28.2 Å². The van der Waals surface area contributed by atoms with Gasteiger partial charge in [-0.1, -0.05) is 53.7 Å². The van der Waals surface area contributed by atoms with Gasteiger partial charge in [0.05, 0.1) is 18.6 Å². The number of hydrogen-bond donors (Lipinski definition) is 0. The number of benzene rings is 2. The highest BCUT2D eigenvalue weighted by Crippen LogP contribution is 2.33. The van der Waals surface area contributed by atoms with Crippen LogP contribution >= 0.6 is 0 Å². The van der Waals surface area contributed by atoms with Crippen LogP contribution < -0.4 is 0 Å². The molecule has 0 aliphatic rings. The zero-order chi connectivity index (χ0) is 23.3. The first-order chi connectivity index (χ1) is 16.8. The second kappa shape index (κ2) is 9.90. The van der Waals surface area contributed by atoms with Crippen molar-refractivity contribution in [1.29, 1.82) is 0 Å². The molecule has 9 heteroatoms. The molecule has 0 N–H and O–H groups in total. The molecule has 0 amide bonds. The van der Waals surface area contributed by atoms with Crippen LogP contribution in [0.5, 0.6) is 0 Å². The minimum atomic E-state index is -0.670. The van der Waals surface area contributed by atoms with Crippen molar-refractivity contribution in [2.75, 3.05) is 13.2 Å². The summed E-state index contributed by atoms with van der Waals surface area (Å²) in [6, 6.07) is 20.0. The van der Waals surface area contributed by atoms with Gasteiger partial charge in [-0.3, -0.25) is 0 Å². The molecule has 5 aromatic rings. The van der Waals surface area contributed by atoms with E-state index in [0.29, 0.717) is 42.4 Å². The number of rotatable bonds is 9. The van der Waals surface area contributed by atoms with E-state index in [4.69, 9.17) is 9.47 Å². The molecule has 5 rings (SSSR count). The highest BCUT2D eigenvalue weighted by molar-refractivity contribution is 5.86. The third-order valence-corrected chi connectivity index (χ3v) is 5.39. The molecule has 0 fully saturated rings. The maximum Gasteiger partial charge on any atom is 0.203 e. The second-order valence-electron chi connectivity index (χ2n) is 7.57. The molecule has 0 aliphatic carbocycles. The summed E-state index contributed by atoms with van der Waals surface area (Å²) in [5.74, 6) is 0. The molecule has 0 spiro atoms. The van der Waals surface area contributed by atoms with Crippen LogP contribution in [0.3, 0.4) is 0 Å². The predicted octanol–water partition coefficient (Wildman–Crippen LogP) is 4.19. The molecule has 0 saturated heterocycles. The molecule has 2 aromatic carbocycles. The summed E-state index contributed by atoms with van der Waals surface area (Å²) < 4.78 is 15.6. The maximum absolute atomic E-state index is 5.96. The van der Waals surface area contributed by atoms with Crippen LogP contribution in [-0.4, -0.2) is 47.7 Å². The van der Waals surface area contributed by atoms with Gasteiger partial charge in [-0.2, -0.15) is 0 Å². The van der Waals surface area contributed by atoms with E-state index in [1.807, 2.05) is 66.9 Å². The van der Waals surface area contributed by atoms with Gasteiger partial charge < -0.3 is 14.0 Å². The zero-order valence-corrected chi connectivity index (χ0v) is 19.1. The summed E-state index contributed by atoms with van der Waals surface area (Å²) in [7, 11) is 0. The highest BCUT2D eigenvalue weighted by atomic mass is 16.7. The first-order valence-electron chi connectivity index (χ1n) is 11.2. The lowest BCUT2D eigenvalue weighted by molar-refractivity contribution is -0.143. The standard InChI is InChI=1S/C25H25N7O2/c1-3-33-25(34-4-2)23-21(29-30-32(23)19-13-9-6-10-14-19)20-22-24(27-16-26-20)31(17-28-22)15-18-11-7-5-8-12-18/h5-14,16-17,25H,3-4,15H2,1-2H3. The van der Waals surface area contributed by atoms with Crippen molar-refractivity contribution in [3.63, 3.8) is 0 Å². The summed E-state index contributed by atoms with van der Waals surface area (Å²) in [5, 5.41) is 8.95. The molecule has 0 saturated carbocycles. The summed E-state index contributed by atoms with van der Waals surface area (Å²) in [5.41, 5.74) is 5.16. The fourth-order valence-electron chi connectivity index (χ4n) is 3.89. The van der Waals surface area contributed by atoms with Gasteiger partial charge in [0.2, 0.25) is 6.29 Å². The molecule has 3 heterocycles. The van der Waals surface area contributed by atoms with Crippen molar-refractivity contribution in [2.45, 2.75) is 26.7 Å². The van der Waals surface area contributed by atoms with E-state index < -0.39 is 6.29 Å². The van der Waals surface area contributed by atoms with Crippen LogP contribution in [0.2, 0.25) is 0 Å². The summed E-state index contributed by atoms with van der Waals surface area (Å²) in [4.78, 5) is 13.7. The largest absolute Gasteiger partial charge is 0.347 e. The van der Waals surface area contributed by atoms with E-state index in [1.165, 1.54) is 6.33 Å². The highest BCUT2D eigenvalue weighted by Gasteiger charge is 2.28. The van der Waals surface area contributed by atoms with E-state index in [1.54, 1.807) is 11.0 Å². The lowest BCUT2D eigenvalue weighted by Crippen LogP contribution is -2.15. The Bertz CT molecular complexity index is 1360. The van der Waals surface area contributed by atoms with Crippen molar-refractivity contribution >= 4 is 11.2 Å². The van der Waals surface area contributed by atoms with Crippen molar-refractivity contribution in [2.24, 2.45) is 0 Å². The number of imidazole rings is 1. The number of fused-ring (bicyclic) bond motifs is 1. The normalized spacial score (nSPS) is 11.5. The molecule has 172 valence electrons. The summed E-state index contributed by atoms with van der Waals surface area (Å²) in [6.07, 6.45) is 2.64. The fraction of sp³-hybridized carbons (Fsp3) is 0.240. The van der Waals surface area contributed by atoms with Gasteiger partial charge in [0.25, 0.3) is 0 Å². The molecule has 3 aromatic heterocycles. The minimum Gasteiger partial charge on any atom is -0.347 e. The molecule has 0 atom stereocenters. The van der Waals surface area contributed by atoms with Crippen LogP contribution in [0, 0.1) is 0 Å². The smallest absolute Gasteiger partial charge is 0.203 e. The van der Waals surface area contributed by atoms with Crippen molar-refractivity contribution in [1.82, 2.24) is 34.5 Å².